The van der Waals surface area contributed by atoms with Crippen LogP contribution >= 0.6 is 0 Å². The summed E-state index contributed by atoms with van der Waals surface area (Å²) in [6.07, 6.45) is 3.65. The number of ether oxygens (including phenoxy) is 1. The first-order valence-corrected chi connectivity index (χ1v) is 10.8. The molecule has 2 fully saturated rings. The van der Waals surface area contributed by atoms with Crippen molar-refractivity contribution in [3.63, 3.8) is 0 Å². The van der Waals surface area contributed by atoms with Crippen LogP contribution in [0.25, 0.3) is 0 Å². The molecule has 9 heteroatoms. The SMILES string of the molecule is N#Cc1ccccc1S(=O)(=O)N1CCN(C(=O)COC(=O)C2CCCC2)CC1. The summed E-state index contributed by atoms with van der Waals surface area (Å²) in [5.41, 5.74) is 0.0971. The van der Waals surface area contributed by atoms with Gasteiger partial charge in [-0.15, -0.1) is 0 Å². The number of sulfonamides is 1. The van der Waals surface area contributed by atoms with E-state index in [9.17, 15) is 18.0 Å². The number of hydrogen-bond acceptors (Lipinski definition) is 6. The molecule has 1 aromatic rings. The number of nitrogens with zero attached hydrogens (tertiary/aromatic N) is 3. The number of amides is 1. The van der Waals surface area contributed by atoms with Crippen molar-refractivity contribution in [3.8, 4) is 6.07 Å². The summed E-state index contributed by atoms with van der Waals surface area (Å²) in [6.45, 7) is 0.385. The van der Waals surface area contributed by atoms with Crippen molar-refractivity contribution in [1.82, 2.24) is 9.21 Å². The number of carbonyl (C=O) groups excluding carboxylic acids is 2. The summed E-state index contributed by atoms with van der Waals surface area (Å²) in [5.74, 6) is -0.740. The van der Waals surface area contributed by atoms with Crippen molar-refractivity contribution in [2.45, 2.75) is 30.6 Å². The van der Waals surface area contributed by atoms with Crippen molar-refractivity contribution in [3.05, 3.63) is 29.8 Å². The lowest BCUT2D eigenvalue weighted by atomic mass is 10.1. The second-order valence-corrected chi connectivity index (χ2v) is 8.89. The first-order valence-electron chi connectivity index (χ1n) is 9.37. The van der Waals surface area contributed by atoms with Crippen LogP contribution in [0.3, 0.4) is 0 Å². The summed E-state index contributed by atoms with van der Waals surface area (Å²) in [4.78, 5) is 25.7. The van der Waals surface area contributed by atoms with Crippen LogP contribution in [-0.4, -0.2) is 62.3 Å². The lowest BCUT2D eigenvalue weighted by Gasteiger charge is -2.34. The fourth-order valence-electron chi connectivity index (χ4n) is 3.60. The highest BCUT2D eigenvalue weighted by Crippen LogP contribution is 2.26. The highest BCUT2D eigenvalue weighted by atomic mass is 32.2. The second-order valence-electron chi connectivity index (χ2n) is 6.98. The first-order chi connectivity index (χ1) is 13.4. The van der Waals surface area contributed by atoms with E-state index in [-0.39, 0.29) is 61.0 Å². The van der Waals surface area contributed by atoms with E-state index in [4.69, 9.17) is 10.00 Å². The molecule has 0 bridgehead atoms. The van der Waals surface area contributed by atoms with Crippen molar-refractivity contribution in [1.29, 1.82) is 5.26 Å². The van der Waals surface area contributed by atoms with E-state index in [1.165, 1.54) is 21.3 Å². The third-order valence-corrected chi connectivity index (χ3v) is 7.20. The number of hydrogen-bond donors (Lipinski definition) is 0. The van der Waals surface area contributed by atoms with Gasteiger partial charge in [-0.3, -0.25) is 9.59 Å². The smallest absolute Gasteiger partial charge is 0.309 e. The molecule has 1 heterocycles. The van der Waals surface area contributed by atoms with Crippen molar-refractivity contribution >= 4 is 21.9 Å². The van der Waals surface area contributed by atoms with Crippen LogP contribution in [0, 0.1) is 17.2 Å². The summed E-state index contributed by atoms with van der Waals surface area (Å²) < 4.78 is 32.0. The Kier molecular flexibility index (Phi) is 6.31. The Bertz CT molecular complexity index is 879. The van der Waals surface area contributed by atoms with Gasteiger partial charge in [0.1, 0.15) is 6.07 Å². The van der Waals surface area contributed by atoms with Crippen LogP contribution in [0.15, 0.2) is 29.2 Å². The number of piperazine rings is 1. The fourth-order valence-corrected chi connectivity index (χ4v) is 5.17. The van der Waals surface area contributed by atoms with Crippen LogP contribution < -0.4 is 0 Å². The summed E-state index contributed by atoms with van der Waals surface area (Å²) >= 11 is 0. The highest BCUT2D eigenvalue weighted by molar-refractivity contribution is 7.89. The Hall–Kier alpha value is -2.44. The monoisotopic (exact) mass is 405 g/mol. The van der Waals surface area contributed by atoms with E-state index in [1.807, 2.05) is 6.07 Å². The molecule has 0 spiro atoms. The van der Waals surface area contributed by atoms with Gasteiger partial charge < -0.3 is 9.64 Å². The molecule has 1 aromatic carbocycles. The van der Waals surface area contributed by atoms with Crippen LogP contribution in [0.4, 0.5) is 0 Å². The average molecular weight is 405 g/mol. The van der Waals surface area contributed by atoms with Gasteiger partial charge in [0.25, 0.3) is 5.91 Å². The predicted octanol–water partition coefficient (Wildman–Crippen LogP) is 1.12. The molecule has 3 rings (SSSR count). The van der Waals surface area contributed by atoms with Crippen LogP contribution in [-0.2, 0) is 24.3 Å². The maximum Gasteiger partial charge on any atom is 0.309 e. The van der Waals surface area contributed by atoms with E-state index < -0.39 is 10.0 Å². The van der Waals surface area contributed by atoms with Crippen molar-refractivity contribution < 1.29 is 22.7 Å². The van der Waals surface area contributed by atoms with Crippen molar-refractivity contribution in [2.75, 3.05) is 32.8 Å². The summed E-state index contributed by atoms with van der Waals surface area (Å²) in [6, 6.07) is 7.96. The van der Waals surface area contributed by atoms with E-state index in [0.717, 1.165) is 25.7 Å². The average Bonchev–Trinajstić information content (AvgIpc) is 3.27. The Morgan fingerprint density at radius 2 is 1.75 bits per heavy atom. The fraction of sp³-hybridized carbons (Fsp3) is 0.526. The van der Waals surface area contributed by atoms with Gasteiger partial charge in [-0.1, -0.05) is 25.0 Å². The maximum absolute atomic E-state index is 12.8. The van der Waals surface area contributed by atoms with Gasteiger partial charge in [0, 0.05) is 26.2 Å². The van der Waals surface area contributed by atoms with Gasteiger partial charge in [-0.2, -0.15) is 9.57 Å². The number of benzene rings is 1. The minimum Gasteiger partial charge on any atom is -0.455 e. The van der Waals surface area contributed by atoms with Gasteiger partial charge in [0.05, 0.1) is 16.4 Å². The van der Waals surface area contributed by atoms with Gasteiger partial charge in [0.15, 0.2) is 6.61 Å². The molecular weight excluding hydrogens is 382 g/mol. The second kappa shape index (κ2) is 8.71. The highest BCUT2D eigenvalue weighted by Gasteiger charge is 2.32. The topological polar surface area (TPSA) is 108 Å². The minimum absolute atomic E-state index is 0.0252. The Morgan fingerprint density at radius 3 is 2.39 bits per heavy atom. The molecule has 28 heavy (non-hydrogen) atoms. The Balaban J connectivity index is 1.54. The lowest BCUT2D eigenvalue weighted by molar-refractivity contribution is -0.155. The van der Waals surface area contributed by atoms with Crippen molar-refractivity contribution in [2.24, 2.45) is 5.92 Å². The van der Waals surface area contributed by atoms with E-state index >= 15 is 0 Å². The maximum atomic E-state index is 12.8. The van der Waals surface area contributed by atoms with Crippen LogP contribution in [0.1, 0.15) is 31.2 Å². The number of nitriles is 1. The number of esters is 1. The molecular formula is C19H23N3O5S. The molecule has 0 unspecified atom stereocenters. The van der Waals surface area contributed by atoms with E-state index in [1.54, 1.807) is 12.1 Å². The molecule has 0 radical (unpaired) electrons. The standard InChI is InChI=1S/C19H23N3O5S/c20-13-16-7-3-4-8-17(16)28(25,26)22-11-9-21(10-12-22)18(23)14-27-19(24)15-5-1-2-6-15/h3-4,7-8,15H,1-2,5-6,9-12,14H2. The molecule has 2 aliphatic rings. The molecule has 1 aliphatic heterocycles. The van der Waals surface area contributed by atoms with Crippen LogP contribution in [0.2, 0.25) is 0 Å². The zero-order valence-corrected chi connectivity index (χ0v) is 16.4. The molecule has 1 amide bonds. The third-order valence-electron chi connectivity index (χ3n) is 5.24. The quantitative estimate of drug-likeness (QED) is 0.680. The Labute approximate surface area is 164 Å². The molecule has 0 atom stereocenters. The predicted molar refractivity (Wildman–Crippen MR) is 99.4 cm³/mol. The zero-order chi connectivity index (χ0) is 20.1. The molecule has 1 saturated heterocycles. The first kappa shape index (κ1) is 20.3. The molecule has 0 N–H and O–H groups in total. The minimum atomic E-state index is -3.80. The van der Waals surface area contributed by atoms with Gasteiger partial charge in [-0.05, 0) is 25.0 Å². The normalized spacial score (nSPS) is 18.6. The van der Waals surface area contributed by atoms with Gasteiger partial charge in [0.2, 0.25) is 10.0 Å². The molecule has 0 aromatic heterocycles. The zero-order valence-electron chi connectivity index (χ0n) is 15.5. The lowest BCUT2D eigenvalue weighted by Crippen LogP contribution is -2.51. The van der Waals surface area contributed by atoms with Crippen LogP contribution in [0.5, 0.6) is 0 Å². The molecule has 8 nitrogen and oxygen atoms in total. The van der Waals surface area contributed by atoms with E-state index in [2.05, 4.69) is 0 Å². The summed E-state index contributed by atoms with van der Waals surface area (Å²) in [7, 11) is -3.80. The Morgan fingerprint density at radius 1 is 1.11 bits per heavy atom. The molecule has 150 valence electrons. The van der Waals surface area contributed by atoms with E-state index in [0.29, 0.717) is 0 Å². The molecule has 1 saturated carbocycles. The summed E-state index contributed by atoms with van der Waals surface area (Å²) in [5, 5.41) is 9.15. The van der Waals surface area contributed by atoms with Gasteiger partial charge in [-0.25, -0.2) is 8.42 Å². The largest absolute Gasteiger partial charge is 0.455 e. The number of rotatable bonds is 5. The molecule has 1 aliphatic carbocycles. The van der Waals surface area contributed by atoms with Gasteiger partial charge >= 0.3 is 5.97 Å². The third kappa shape index (κ3) is 4.34. The number of carbonyl (C=O) groups is 2.